The zero-order chi connectivity index (χ0) is 14.2. The van der Waals surface area contributed by atoms with E-state index in [1.807, 2.05) is 0 Å². The lowest BCUT2D eigenvalue weighted by atomic mass is 10.1. The van der Waals surface area contributed by atoms with Gasteiger partial charge in [0.1, 0.15) is 5.76 Å². The minimum atomic E-state index is -4.78. The van der Waals surface area contributed by atoms with E-state index in [4.69, 9.17) is 21.8 Å². The maximum absolute atomic E-state index is 12.7. The van der Waals surface area contributed by atoms with Crippen molar-refractivity contribution >= 4 is 17.5 Å². The van der Waals surface area contributed by atoms with Crippen molar-refractivity contribution < 1.29 is 22.4 Å². The highest BCUT2D eigenvalue weighted by Gasteiger charge is 2.40. The second-order valence-corrected chi connectivity index (χ2v) is 4.16. The lowest BCUT2D eigenvalue weighted by Gasteiger charge is -2.03. The Kier molecular flexibility index (Phi) is 3.28. The van der Waals surface area contributed by atoms with Gasteiger partial charge in [-0.3, -0.25) is 4.79 Å². The van der Waals surface area contributed by atoms with E-state index in [-0.39, 0.29) is 5.76 Å². The average Bonchev–Trinajstić information content (AvgIpc) is 2.74. The summed E-state index contributed by atoms with van der Waals surface area (Å²) in [6.07, 6.45) is -4.78. The first-order valence-electron chi connectivity index (χ1n) is 5.06. The number of hydrogen-bond donors (Lipinski definition) is 1. The maximum atomic E-state index is 12.7. The molecular weight excluding hydrogens is 283 g/mol. The maximum Gasteiger partial charge on any atom is 0.450 e. The number of carbonyl (C=O) groups is 1. The summed E-state index contributed by atoms with van der Waals surface area (Å²) < 4.78 is 42.7. The first-order valence-corrected chi connectivity index (χ1v) is 5.43. The molecule has 0 spiro atoms. The minimum absolute atomic E-state index is 0.0993. The molecule has 2 rings (SSSR count). The molecule has 0 aliphatic carbocycles. The van der Waals surface area contributed by atoms with E-state index in [9.17, 15) is 18.0 Å². The second-order valence-electron chi connectivity index (χ2n) is 3.72. The van der Waals surface area contributed by atoms with E-state index in [2.05, 4.69) is 0 Å². The van der Waals surface area contributed by atoms with Crippen LogP contribution < -0.4 is 5.73 Å². The van der Waals surface area contributed by atoms with Crippen LogP contribution in [0.3, 0.4) is 0 Å². The third-order valence-corrected chi connectivity index (χ3v) is 2.64. The molecule has 0 saturated carbocycles. The summed E-state index contributed by atoms with van der Waals surface area (Å²) in [5, 5.41) is 0.432. The number of nitrogens with two attached hydrogens (primary N) is 1. The van der Waals surface area contributed by atoms with Crippen molar-refractivity contribution in [3.63, 3.8) is 0 Å². The first kappa shape index (κ1) is 13.5. The Labute approximate surface area is 110 Å². The SMILES string of the molecule is NC(=O)c1cc(-c2ccc(Cl)cc2)oc1C(F)(F)F. The molecule has 0 saturated heterocycles. The van der Waals surface area contributed by atoms with Crippen LogP contribution >= 0.6 is 11.6 Å². The fourth-order valence-corrected chi connectivity index (χ4v) is 1.67. The smallest absolute Gasteiger partial charge is 0.450 e. The molecule has 0 unspecified atom stereocenters. The molecule has 1 amide bonds. The topological polar surface area (TPSA) is 56.2 Å². The molecule has 0 bridgehead atoms. The van der Waals surface area contributed by atoms with Crippen LogP contribution in [0.25, 0.3) is 11.3 Å². The molecule has 1 aromatic heterocycles. The summed E-state index contributed by atoms with van der Waals surface area (Å²) in [5.41, 5.74) is 4.57. The Hall–Kier alpha value is -1.95. The molecule has 0 radical (unpaired) electrons. The number of carbonyl (C=O) groups excluding carboxylic acids is 1. The molecule has 100 valence electrons. The molecule has 2 N–H and O–H groups in total. The number of benzene rings is 1. The second kappa shape index (κ2) is 4.62. The van der Waals surface area contributed by atoms with Gasteiger partial charge in [0.25, 0.3) is 5.91 Å². The predicted molar refractivity (Wildman–Crippen MR) is 62.7 cm³/mol. The highest BCUT2D eigenvalue weighted by Crippen LogP contribution is 2.37. The molecule has 0 aliphatic heterocycles. The summed E-state index contributed by atoms with van der Waals surface area (Å²) in [4.78, 5) is 11.0. The number of furan rings is 1. The van der Waals surface area contributed by atoms with E-state index in [1.54, 1.807) is 0 Å². The van der Waals surface area contributed by atoms with Gasteiger partial charge >= 0.3 is 6.18 Å². The molecule has 3 nitrogen and oxygen atoms in total. The minimum Gasteiger partial charge on any atom is -0.451 e. The predicted octanol–water partition coefficient (Wildman–Crippen LogP) is 3.72. The Morgan fingerprint density at radius 1 is 1.21 bits per heavy atom. The standard InChI is InChI=1S/C12H7ClF3NO2/c13-7-3-1-6(2-4-7)9-5-8(11(17)18)10(19-9)12(14,15)16/h1-5H,(H2,17,18). The third-order valence-electron chi connectivity index (χ3n) is 2.38. The zero-order valence-corrected chi connectivity index (χ0v) is 10.0. The summed E-state index contributed by atoms with van der Waals surface area (Å²) >= 11 is 5.67. The van der Waals surface area contributed by atoms with Crippen molar-refractivity contribution in [2.24, 2.45) is 5.73 Å². The molecule has 1 aromatic carbocycles. The van der Waals surface area contributed by atoms with Crippen LogP contribution in [0.4, 0.5) is 13.2 Å². The van der Waals surface area contributed by atoms with Gasteiger partial charge in [0.05, 0.1) is 5.56 Å². The largest absolute Gasteiger partial charge is 0.451 e. The van der Waals surface area contributed by atoms with Gasteiger partial charge in [0.15, 0.2) is 0 Å². The van der Waals surface area contributed by atoms with Crippen molar-refractivity contribution in [3.05, 3.63) is 46.7 Å². The lowest BCUT2D eigenvalue weighted by molar-refractivity contribution is -0.153. The molecule has 19 heavy (non-hydrogen) atoms. The Morgan fingerprint density at radius 2 is 1.79 bits per heavy atom. The molecule has 7 heteroatoms. The zero-order valence-electron chi connectivity index (χ0n) is 9.29. The van der Waals surface area contributed by atoms with Gasteiger partial charge in [0, 0.05) is 10.6 Å². The van der Waals surface area contributed by atoms with Crippen molar-refractivity contribution in [2.45, 2.75) is 6.18 Å². The van der Waals surface area contributed by atoms with Crippen LogP contribution in [0.5, 0.6) is 0 Å². The van der Waals surface area contributed by atoms with Crippen molar-refractivity contribution in [1.29, 1.82) is 0 Å². The van der Waals surface area contributed by atoms with Crippen molar-refractivity contribution in [3.8, 4) is 11.3 Å². The fourth-order valence-electron chi connectivity index (χ4n) is 1.54. The normalized spacial score (nSPS) is 11.6. The molecule has 0 aliphatic rings. The van der Waals surface area contributed by atoms with Gasteiger partial charge in [-0.1, -0.05) is 11.6 Å². The van der Waals surface area contributed by atoms with Gasteiger partial charge in [-0.05, 0) is 30.3 Å². The summed E-state index contributed by atoms with van der Waals surface area (Å²) in [6, 6.07) is 6.92. The molecule has 2 aromatic rings. The Bertz CT molecular complexity index is 617. The Morgan fingerprint density at radius 3 is 2.21 bits per heavy atom. The molecule has 1 heterocycles. The summed E-state index contributed by atoms with van der Waals surface area (Å²) in [5.74, 6) is -2.70. The number of halogens is 4. The highest BCUT2D eigenvalue weighted by atomic mass is 35.5. The van der Waals surface area contributed by atoms with Gasteiger partial charge in [0.2, 0.25) is 5.76 Å². The van der Waals surface area contributed by atoms with Crippen molar-refractivity contribution in [1.82, 2.24) is 0 Å². The quantitative estimate of drug-likeness (QED) is 0.916. The third kappa shape index (κ3) is 2.73. The molecule has 0 fully saturated rings. The van der Waals surface area contributed by atoms with E-state index in [0.29, 0.717) is 10.6 Å². The highest BCUT2D eigenvalue weighted by molar-refractivity contribution is 6.30. The van der Waals surface area contributed by atoms with Crippen LogP contribution in [-0.2, 0) is 6.18 Å². The van der Waals surface area contributed by atoms with Crippen molar-refractivity contribution in [2.75, 3.05) is 0 Å². The average molecular weight is 290 g/mol. The first-order chi connectivity index (χ1) is 8.79. The van der Waals surface area contributed by atoms with E-state index < -0.39 is 23.4 Å². The van der Waals surface area contributed by atoms with Gasteiger partial charge < -0.3 is 10.2 Å². The van der Waals surface area contributed by atoms with Crippen LogP contribution in [0.1, 0.15) is 16.1 Å². The molecular formula is C12H7ClF3NO2. The van der Waals surface area contributed by atoms with E-state index in [0.717, 1.165) is 6.07 Å². The van der Waals surface area contributed by atoms with Gasteiger partial charge in [-0.15, -0.1) is 0 Å². The lowest BCUT2D eigenvalue weighted by Crippen LogP contribution is -2.16. The number of primary amides is 1. The number of amides is 1. The number of hydrogen-bond acceptors (Lipinski definition) is 2. The van der Waals surface area contributed by atoms with Gasteiger partial charge in [-0.25, -0.2) is 0 Å². The van der Waals surface area contributed by atoms with E-state index >= 15 is 0 Å². The van der Waals surface area contributed by atoms with Crippen LogP contribution in [0.2, 0.25) is 5.02 Å². The summed E-state index contributed by atoms with van der Waals surface area (Å²) in [7, 11) is 0. The van der Waals surface area contributed by atoms with Crippen LogP contribution in [-0.4, -0.2) is 5.91 Å². The number of alkyl halides is 3. The number of rotatable bonds is 2. The fraction of sp³-hybridized carbons (Fsp3) is 0.0833. The van der Waals surface area contributed by atoms with Gasteiger partial charge in [-0.2, -0.15) is 13.2 Å². The summed E-state index contributed by atoms with van der Waals surface area (Å²) in [6.45, 7) is 0. The molecule has 0 atom stereocenters. The van der Waals surface area contributed by atoms with Crippen LogP contribution in [0.15, 0.2) is 34.7 Å². The monoisotopic (exact) mass is 289 g/mol. The Balaban J connectivity index is 2.55. The van der Waals surface area contributed by atoms with Crippen LogP contribution in [0, 0.1) is 0 Å². The van der Waals surface area contributed by atoms with E-state index in [1.165, 1.54) is 24.3 Å².